The maximum Gasteiger partial charge on any atom is 0.319 e. The molecule has 0 fully saturated rings. The van der Waals surface area contributed by atoms with Crippen LogP contribution in [0.1, 0.15) is 24.3 Å². The molecule has 3 N–H and O–H groups in total. The molecule has 1 aromatic carbocycles. The topological polar surface area (TPSA) is 74.2 Å². The van der Waals surface area contributed by atoms with Gasteiger partial charge in [0.2, 0.25) is 0 Å². The highest BCUT2D eigenvalue weighted by atomic mass is 32.1. The number of nitrogens with zero attached hydrogens (tertiary/aromatic N) is 1. The fourth-order valence-corrected chi connectivity index (χ4v) is 3.30. The van der Waals surface area contributed by atoms with Crippen LogP contribution in [0.25, 0.3) is 10.9 Å². The van der Waals surface area contributed by atoms with E-state index in [1.54, 1.807) is 6.20 Å². The third-order valence-electron chi connectivity index (χ3n) is 3.71. The first-order valence-electron chi connectivity index (χ1n) is 7.76. The Labute approximate surface area is 144 Å². The molecule has 0 saturated carbocycles. The zero-order valence-corrected chi connectivity index (χ0v) is 14.1. The smallest absolute Gasteiger partial charge is 0.319 e. The van der Waals surface area contributed by atoms with Gasteiger partial charge in [-0.05, 0) is 36.9 Å². The number of aliphatic hydroxyl groups is 1. The van der Waals surface area contributed by atoms with E-state index < -0.39 is 6.10 Å². The fraction of sp³-hybridized carbons (Fsp3) is 0.222. The summed E-state index contributed by atoms with van der Waals surface area (Å²) >= 11 is 1.51. The van der Waals surface area contributed by atoms with Gasteiger partial charge in [0.05, 0.1) is 17.3 Å². The molecule has 0 saturated heterocycles. The maximum atomic E-state index is 12.2. The van der Waals surface area contributed by atoms with Crippen molar-refractivity contribution in [2.75, 3.05) is 5.32 Å². The first-order chi connectivity index (χ1) is 11.6. The number of aliphatic hydroxyl groups excluding tert-OH is 1. The van der Waals surface area contributed by atoms with Gasteiger partial charge in [-0.3, -0.25) is 4.98 Å². The van der Waals surface area contributed by atoms with Gasteiger partial charge in [-0.2, -0.15) is 0 Å². The van der Waals surface area contributed by atoms with E-state index in [0.717, 1.165) is 15.8 Å². The summed E-state index contributed by atoms with van der Waals surface area (Å²) in [4.78, 5) is 17.4. The van der Waals surface area contributed by atoms with Crippen LogP contribution in [-0.2, 0) is 0 Å². The lowest BCUT2D eigenvalue weighted by Gasteiger charge is -2.18. The van der Waals surface area contributed by atoms with Crippen LogP contribution in [0.3, 0.4) is 0 Å². The number of amides is 2. The van der Waals surface area contributed by atoms with Gasteiger partial charge in [-0.25, -0.2) is 4.79 Å². The van der Waals surface area contributed by atoms with Gasteiger partial charge in [0.25, 0.3) is 0 Å². The molecule has 124 valence electrons. The number of benzene rings is 1. The van der Waals surface area contributed by atoms with Crippen molar-refractivity contribution in [3.05, 3.63) is 58.9 Å². The molecule has 0 bridgehead atoms. The first kappa shape index (κ1) is 16.4. The Kier molecular flexibility index (Phi) is 5.08. The number of hydrogen-bond acceptors (Lipinski definition) is 4. The minimum Gasteiger partial charge on any atom is -0.387 e. The predicted molar refractivity (Wildman–Crippen MR) is 97.3 cm³/mol. The van der Waals surface area contributed by atoms with E-state index in [-0.39, 0.29) is 12.1 Å². The Bertz CT molecular complexity index is 815. The van der Waals surface area contributed by atoms with Gasteiger partial charge >= 0.3 is 6.03 Å². The van der Waals surface area contributed by atoms with E-state index in [1.165, 1.54) is 11.3 Å². The number of thiophene rings is 1. The first-order valence-corrected chi connectivity index (χ1v) is 8.64. The minimum absolute atomic E-state index is 0.162. The summed E-state index contributed by atoms with van der Waals surface area (Å²) in [6.45, 7) is 1.87. The van der Waals surface area contributed by atoms with Gasteiger partial charge in [0, 0.05) is 22.5 Å². The molecule has 0 aliphatic rings. The molecule has 2 heterocycles. The second kappa shape index (κ2) is 7.42. The summed E-state index contributed by atoms with van der Waals surface area (Å²) in [5, 5.41) is 18.7. The lowest BCUT2D eigenvalue weighted by Crippen LogP contribution is -2.37. The number of urea groups is 1. The van der Waals surface area contributed by atoms with Crippen molar-refractivity contribution in [3.63, 3.8) is 0 Å². The van der Waals surface area contributed by atoms with Crippen molar-refractivity contribution in [1.29, 1.82) is 0 Å². The van der Waals surface area contributed by atoms with Gasteiger partial charge in [0.15, 0.2) is 0 Å². The minimum atomic E-state index is -0.570. The van der Waals surface area contributed by atoms with Crippen LogP contribution in [0.4, 0.5) is 10.5 Å². The van der Waals surface area contributed by atoms with Crippen LogP contribution >= 0.6 is 11.3 Å². The molecule has 2 aromatic heterocycles. The van der Waals surface area contributed by atoms with Gasteiger partial charge in [-0.1, -0.05) is 24.3 Å². The Morgan fingerprint density at radius 1 is 1.25 bits per heavy atom. The molecule has 24 heavy (non-hydrogen) atoms. The van der Waals surface area contributed by atoms with Crippen LogP contribution in [-0.4, -0.2) is 22.2 Å². The van der Waals surface area contributed by atoms with Crippen molar-refractivity contribution in [2.24, 2.45) is 0 Å². The molecule has 2 amide bonds. The van der Waals surface area contributed by atoms with Crippen molar-refractivity contribution in [3.8, 4) is 0 Å². The average Bonchev–Trinajstić information content (AvgIpc) is 3.09. The Hall–Kier alpha value is -2.44. The Morgan fingerprint density at radius 2 is 2.08 bits per heavy atom. The van der Waals surface area contributed by atoms with E-state index in [9.17, 15) is 9.90 Å². The summed E-state index contributed by atoms with van der Waals surface area (Å²) in [7, 11) is 0. The standard InChI is InChI=1S/C18H19N3O2S/c1-12(11-15(22)16-8-4-10-24-16)20-18(23)21-14-7-2-5-13-6-3-9-19-17(13)14/h2-10,12,15,22H,11H2,1H3,(H2,20,21,23)/t12-,15+/m0/s1. The average molecular weight is 341 g/mol. The molecular formula is C18H19N3O2S. The molecule has 6 heteroatoms. The summed E-state index contributed by atoms with van der Waals surface area (Å²) in [5.41, 5.74) is 1.41. The lowest BCUT2D eigenvalue weighted by molar-refractivity contribution is 0.158. The molecular weight excluding hydrogens is 322 g/mol. The highest BCUT2D eigenvalue weighted by molar-refractivity contribution is 7.10. The summed E-state index contributed by atoms with van der Waals surface area (Å²) < 4.78 is 0. The number of carbonyl (C=O) groups is 1. The highest BCUT2D eigenvalue weighted by Gasteiger charge is 2.15. The van der Waals surface area contributed by atoms with Gasteiger partial charge in [-0.15, -0.1) is 11.3 Å². The van der Waals surface area contributed by atoms with E-state index in [4.69, 9.17) is 0 Å². The number of anilines is 1. The van der Waals surface area contributed by atoms with E-state index in [0.29, 0.717) is 12.1 Å². The number of rotatable bonds is 5. The molecule has 5 nitrogen and oxygen atoms in total. The highest BCUT2D eigenvalue weighted by Crippen LogP contribution is 2.23. The second-order valence-electron chi connectivity index (χ2n) is 5.65. The van der Waals surface area contributed by atoms with Crippen LogP contribution in [0, 0.1) is 0 Å². The zero-order chi connectivity index (χ0) is 16.9. The van der Waals surface area contributed by atoms with Crippen LogP contribution < -0.4 is 10.6 Å². The summed E-state index contributed by atoms with van der Waals surface area (Å²) in [6.07, 6.45) is 1.59. The molecule has 0 radical (unpaired) electrons. The molecule has 2 atom stereocenters. The fourth-order valence-electron chi connectivity index (χ4n) is 2.58. The Balaban J connectivity index is 1.60. The maximum absolute atomic E-state index is 12.2. The van der Waals surface area contributed by atoms with E-state index in [1.807, 2.05) is 54.8 Å². The monoisotopic (exact) mass is 341 g/mol. The van der Waals surface area contributed by atoms with E-state index >= 15 is 0 Å². The summed E-state index contributed by atoms with van der Waals surface area (Å²) in [6, 6.07) is 12.8. The summed E-state index contributed by atoms with van der Waals surface area (Å²) in [5.74, 6) is 0. The third kappa shape index (κ3) is 3.90. The molecule has 3 rings (SSSR count). The number of pyridine rings is 1. The van der Waals surface area contributed by atoms with Gasteiger partial charge < -0.3 is 15.7 Å². The van der Waals surface area contributed by atoms with Crippen molar-refractivity contribution in [1.82, 2.24) is 10.3 Å². The van der Waals surface area contributed by atoms with E-state index in [2.05, 4.69) is 15.6 Å². The number of hydrogen-bond donors (Lipinski definition) is 3. The number of carbonyl (C=O) groups excluding carboxylic acids is 1. The molecule has 0 unspecified atom stereocenters. The number of para-hydroxylation sites is 1. The second-order valence-corrected chi connectivity index (χ2v) is 6.63. The SMILES string of the molecule is C[C@@H](C[C@@H](O)c1cccs1)NC(=O)Nc1cccc2cccnc12. The van der Waals surface area contributed by atoms with Crippen LogP contribution in [0.2, 0.25) is 0 Å². The van der Waals surface area contributed by atoms with Gasteiger partial charge in [0.1, 0.15) is 0 Å². The molecule has 0 aliphatic carbocycles. The quantitative estimate of drug-likeness (QED) is 0.658. The number of aromatic nitrogens is 1. The van der Waals surface area contributed by atoms with Crippen molar-refractivity contribution in [2.45, 2.75) is 25.5 Å². The number of nitrogens with one attached hydrogen (secondary N) is 2. The molecule has 0 aliphatic heterocycles. The third-order valence-corrected chi connectivity index (χ3v) is 4.68. The van der Waals surface area contributed by atoms with Crippen molar-refractivity contribution < 1.29 is 9.90 Å². The molecule has 0 spiro atoms. The normalized spacial score (nSPS) is 13.4. The Morgan fingerprint density at radius 3 is 2.88 bits per heavy atom. The van der Waals surface area contributed by atoms with Crippen molar-refractivity contribution >= 4 is 34.0 Å². The van der Waals surface area contributed by atoms with Crippen LogP contribution in [0.15, 0.2) is 54.0 Å². The largest absolute Gasteiger partial charge is 0.387 e. The zero-order valence-electron chi connectivity index (χ0n) is 13.3. The van der Waals surface area contributed by atoms with Crippen LogP contribution in [0.5, 0.6) is 0 Å². The molecule has 3 aromatic rings. The lowest BCUT2D eigenvalue weighted by atomic mass is 10.1. The predicted octanol–water partition coefficient (Wildman–Crippen LogP) is 3.93. The number of fused-ring (bicyclic) bond motifs is 1.